The van der Waals surface area contributed by atoms with Crippen LogP contribution in [0.3, 0.4) is 0 Å². The first-order valence-corrected chi connectivity index (χ1v) is 10.6. The number of aromatic nitrogens is 4. The van der Waals surface area contributed by atoms with E-state index in [1.165, 1.54) is 21.5 Å². The molecule has 2 aromatic carbocycles. The summed E-state index contributed by atoms with van der Waals surface area (Å²) in [6, 6.07) is 12.6. The fourth-order valence-corrected chi connectivity index (χ4v) is 3.60. The number of benzene rings is 2. The molecule has 6 nitrogen and oxygen atoms in total. The molecular weight excluding hydrogens is 477 g/mol. The first kappa shape index (κ1) is 22.2. The Balaban J connectivity index is 1.38. The largest absolute Gasteiger partial charge is 0.316 e. The molecule has 0 saturated carbocycles. The van der Waals surface area contributed by atoms with Gasteiger partial charge in [-0.05, 0) is 30.4 Å². The molecule has 0 atom stereocenters. The van der Waals surface area contributed by atoms with E-state index in [1.54, 1.807) is 48.8 Å². The van der Waals surface area contributed by atoms with E-state index >= 15 is 0 Å². The molecule has 11 heteroatoms. The van der Waals surface area contributed by atoms with Crippen molar-refractivity contribution in [2.24, 2.45) is 0 Å². The minimum Gasteiger partial charge on any atom is -0.316 e. The van der Waals surface area contributed by atoms with Gasteiger partial charge in [0.15, 0.2) is 16.7 Å². The van der Waals surface area contributed by atoms with Gasteiger partial charge in [-0.2, -0.15) is 10.2 Å². The molecule has 0 radical (unpaired) electrons. The van der Waals surface area contributed by atoms with E-state index in [-0.39, 0.29) is 24.0 Å². The second-order valence-corrected chi connectivity index (χ2v) is 8.02. The summed E-state index contributed by atoms with van der Waals surface area (Å²) in [4.78, 5) is 0. The number of anilines is 2. The molecule has 4 aromatic rings. The van der Waals surface area contributed by atoms with Crippen LogP contribution in [-0.4, -0.2) is 24.7 Å². The monoisotopic (exact) mass is 492 g/mol. The first-order chi connectivity index (χ1) is 15.4. The van der Waals surface area contributed by atoms with Crippen molar-refractivity contribution >= 4 is 52.2 Å². The van der Waals surface area contributed by atoms with Crippen LogP contribution in [0.5, 0.6) is 0 Å². The van der Waals surface area contributed by atoms with Crippen molar-refractivity contribution in [3.8, 4) is 0 Å². The topological polar surface area (TPSA) is 59.7 Å². The van der Waals surface area contributed by atoms with Crippen molar-refractivity contribution in [1.29, 1.82) is 0 Å². The predicted octanol–water partition coefficient (Wildman–Crippen LogP) is 5.57. The van der Waals surface area contributed by atoms with Crippen molar-refractivity contribution in [2.75, 3.05) is 10.6 Å². The highest BCUT2D eigenvalue weighted by molar-refractivity contribution is 7.80. The molecule has 0 amide bonds. The number of halogens is 4. The average Bonchev–Trinajstić information content (AvgIpc) is 3.32. The second kappa shape index (κ2) is 9.64. The van der Waals surface area contributed by atoms with Gasteiger partial charge in [0.2, 0.25) is 0 Å². The Labute approximate surface area is 197 Å². The lowest BCUT2D eigenvalue weighted by Crippen LogP contribution is -2.20. The van der Waals surface area contributed by atoms with E-state index in [1.807, 2.05) is 0 Å². The average molecular weight is 493 g/mol. The standard InChI is InChI=1S/C21H16Cl2F2N6S/c22-15-5-3-7-18(25)14(15)11-30-9-8-19(28-30)26-21(32)27-20-16(23)12-31(29-20)10-13-4-1-2-6-17(13)24/h1-9,12H,10-11H2,(H2,26,27,28,29,32). The summed E-state index contributed by atoms with van der Waals surface area (Å²) in [5.41, 5.74) is 0.830. The number of hydrogen-bond acceptors (Lipinski definition) is 3. The van der Waals surface area contributed by atoms with Gasteiger partial charge >= 0.3 is 0 Å². The van der Waals surface area contributed by atoms with Crippen LogP contribution in [0.1, 0.15) is 11.1 Å². The lowest BCUT2D eigenvalue weighted by Gasteiger charge is -2.08. The van der Waals surface area contributed by atoms with E-state index in [9.17, 15) is 8.78 Å². The summed E-state index contributed by atoms with van der Waals surface area (Å²) in [5.74, 6) is 0.0355. The molecule has 32 heavy (non-hydrogen) atoms. The first-order valence-electron chi connectivity index (χ1n) is 9.40. The molecule has 0 aliphatic heterocycles. The van der Waals surface area contributed by atoms with Gasteiger partial charge < -0.3 is 10.6 Å². The van der Waals surface area contributed by atoms with E-state index < -0.39 is 5.82 Å². The Kier molecular flexibility index (Phi) is 6.69. The van der Waals surface area contributed by atoms with E-state index in [0.717, 1.165) is 0 Å². The molecule has 164 valence electrons. The molecule has 0 aliphatic carbocycles. The van der Waals surface area contributed by atoms with Crippen LogP contribution in [0, 0.1) is 11.6 Å². The highest BCUT2D eigenvalue weighted by Crippen LogP contribution is 2.22. The van der Waals surface area contributed by atoms with Gasteiger partial charge in [0.1, 0.15) is 16.7 Å². The van der Waals surface area contributed by atoms with Gasteiger partial charge in [-0.25, -0.2) is 8.78 Å². The second-order valence-electron chi connectivity index (χ2n) is 6.79. The van der Waals surface area contributed by atoms with Crippen molar-refractivity contribution in [3.63, 3.8) is 0 Å². The van der Waals surface area contributed by atoms with Gasteiger partial charge in [-0.15, -0.1) is 0 Å². The van der Waals surface area contributed by atoms with Crippen LogP contribution >= 0.6 is 35.4 Å². The fraction of sp³-hybridized carbons (Fsp3) is 0.0952. The highest BCUT2D eigenvalue weighted by Gasteiger charge is 2.12. The number of nitrogens with zero attached hydrogens (tertiary/aromatic N) is 4. The zero-order chi connectivity index (χ0) is 22.7. The van der Waals surface area contributed by atoms with Gasteiger partial charge in [0.25, 0.3) is 0 Å². The number of hydrogen-bond donors (Lipinski definition) is 2. The quantitative estimate of drug-likeness (QED) is 0.344. The maximum Gasteiger partial charge on any atom is 0.177 e. The van der Waals surface area contributed by atoms with Gasteiger partial charge in [-0.1, -0.05) is 47.5 Å². The third-order valence-electron chi connectivity index (χ3n) is 4.50. The Morgan fingerprint density at radius 2 is 1.66 bits per heavy atom. The van der Waals surface area contributed by atoms with Crippen LogP contribution in [0.4, 0.5) is 20.4 Å². The van der Waals surface area contributed by atoms with Crippen molar-refractivity contribution < 1.29 is 8.78 Å². The molecule has 0 unspecified atom stereocenters. The van der Waals surface area contributed by atoms with Crippen LogP contribution in [0.2, 0.25) is 10.0 Å². The van der Waals surface area contributed by atoms with Crippen molar-refractivity contribution in [3.05, 3.63) is 93.7 Å². The molecular formula is C21H16Cl2F2N6S. The molecule has 0 fully saturated rings. The van der Waals surface area contributed by atoms with Crippen molar-refractivity contribution in [2.45, 2.75) is 13.1 Å². The van der Waals surface area contributed by atoms with Crippen LogP contribution in [0.25, 0.3) is 0 Å². The molecule has 4 rings (SSSR count). The number of thiocarbonyl (C=S) groups is 1. The minimum atomic E-state index is -0.402. The molecule has 0 aliphatic rings. The summed E-state index contributed by atoms with van der Waals surface area (Å²) in [7, 11) is 0. The predicted molar refractivity (Wildman–Crippen MR) is 125 cm³/mol. The zero-order valence-electron chi connectivity index (χ0n) is 16.4. The third-order valence-corrected chi connectivity index (χ3v) is 5.34. The molecule has 2 heterocycles. The summed E-state index contributed by atoms with van der Waals surface area (Å²) < 4.78 is 30.9. The Bertz CT molecular complexity index is 1250. The number of nitrogens with one attached hydrogen (secondary N) is 2. The van der Waals surface area contributed by atoms with E-state index in [4.69, 9.17) is 35.4 Å². The summed E-state index contributed by atoms with van der Waals surface area (Å²) in [6.07, 6.45) is 3.25. The lowest BCUT2D eigenvalue weighted by atomic mass is 10.2. The molecule has 2 aromatic heterocycles. The normalized spacial score (nSPS) is 10.9. The lowest BCUT2D eigenvalue weighted by molar-refractivity contribution is 0.586. The maximum absolute atomic E-state index is 14.0. The van der Waals surface area contributed by atoms with Crippen LogP contribution < -0.4 is 10.6 Å². The maximum atomic E-state index is 14.0. The van der Waals surface area contributed by atoms with E-state index in [2.05, 4.69) is 20.8 Å². The van der Waals surface area contributed by atoms with E-state index in [0.29, 0.717) is 32.8 Å². The minimum absolute atomic E-state index is 0.166. The fourth-order valence-electron chi connectivity index (χ4n) is 2.98. The molecule has 0 bridgehead atoms. The van der Waals surface area contributed by atoms with Crippen LogP contribution in [-0.2, 0) is 13.1 Å². The highest BCUT2D eigenvalue weighted by atomic mass is 35.5. The zero-order valence-corrected chi connectivity index (χ0v) is 18.7. The van der Waals surface area contributed by atoms with Crippen molar-refractivity contribution in [1.82, 2.24) is 19.6 Å². The molecule has 0 saturated heterocycles. The molecule has 0 spiro atoms. The smallest absolute Gasteiger partial charge is 0.177 e. The molecule has 2 N–H and O–H groups in total. The SMILES string of the molecule is Fc1ccccc1Cn1cc(Cl)c(NC(=S)Nc2ccn(Cc3c(F)cccc3Cl)n2)n1. The van der Waals surface area contributed by atoms with Gasteiger partial charge in [0, 0.05) is 34.6 Å². The Morgan fingerprint density at radius 1 is 0.875 bits per heavy atom. The summed E-state index contributed by atoms with van der Waals surface area (Å²) in [5, 5.41) is 15.3. The Hall–Kier alpha value is -3.01. The van der Waals surface area contributed by atoms with Crippen LogP contribution in [0.15, 0.2) is 60.9 Å². The van der Waals surface area contributed by atoms with Gasteiger partial charge in [0.05, 0.1) is 13.1 Å². The third kappa shape index (κ3) is 5.24. The summed E-state index contributed by atoms with van der Waals surface area (Å²) >= 11 is 17.6. The Morgan fingerprint density at radius 3 is 2.44 bits per heavy atom. The summed E-state index contributed by atoms with van der Waals surface area (Å²) in [6.45, 7) is 0.386. The van der Waals surface area contributed by atoms with Gasteiger partial charge in [-0.3, -0.25) is 9.36 Å². The number of rotatable bonds is 6.